The first-order valence-corrected chi connectivity index (χ1v) is 12.5. The number of nitrogens with one attached hydrogen (secondary N) is 2. The third-order valence-electron chi connectivity index (χ3n) is 7.04. The fraction of sp³-hybridized carbons (Fsp3) is 0.276. The number of hydrogen-bond donors (Lipinski definition) is 3. The molecule has 0 saturated heterocycles. The topological polar surface area (TPSA) is 126 Å². The van der Waals surface area contributed by atoms with Gasteiger partial charge in [-0.15, -0.1) is 6.58 Å². The number of carboxylic acids is 1. The van der Waals surface area contributed by atoms with Crippen LogP contribution in [-0.2, 0) is 11.3 Å². The van der Waals surface area contributed by atoms with Crippen molar-refractivity contribution in [1.82, 2.24) is 25.2 Å². The predicted octanol–water partition coefficient (Wildman–Crippen LogP) is 4.15. The molecule has 0 bridgehead atoms. The van der Waals surface area contributed by atoms with Crippen molar-refractivity contribution < 1.29 is 23.9 Å². The van der Waals surface area contributed by atoms with Gasteiger partial charge in [-0.1, -0.05) is 24.3 Å². The molecule has 0 aliphatic heterocycles. The minimum absolute atomic E-state index is 0.0444. The Hall–Kier alpha value is -4.60. The molecular formula is C29H30FN5O4. The van der Waals surface area contributed by atoms with E-state index in [1.807, 2.05) is 6.08 Å². The molecule has 1 aliphatic carbocycles. The Morgan fingerprint density at radius 1 is 1.21 bits per heavy atom. The minimum atomic E-state index is -0.965. The highest BCUT2D eigenvalue weighted by Crippen LogP contribution is 2.30. The number of allylic oxidation sites excluding steroid dienone is 2. The Morgan fingerprint density at radius 3 is 2.67 bits per heavy atom. The Labute approximate surface area is 225 Å². The van der Waals surface area contributed by atoms with Crippen molar-refractivity contribution in [2.75, 3.05) is 0 Å². The zero-order valence-corrected chi connectivity index (χ0v) is 22.0. The van der Waals surface area contributed by atoms with Crippen LogP contribution in [0, 0.1) is 18.7 Å². The van der Waals surface area contributed by atoms with E-state index in [2.05, 4.69) is 27.3 Å². The largest absolute Gasteiger partial charge is 0.478 e. The van der Waals surface area contributed by atoms with Crippen molar-refractivity contribution in [3.63, 3.8) is 0 Å². The van der Waals surface area contributed by atoms with E-state index in [-0.39, 0.29) is 41.3 Å². The number of carbonyl (C=O) groups is 3. The molecule has 3 N–H and O–H groups in total. The molecule has 4 rings (SSSR count). The summed E-state index contributed by atoms with van der Waals surface area (Å²) in [5.74, 6) is -2.42. The van der Waals surface area contributed by atoms with Crippen LogP contribution in [0.25, 0.3) is 5.65 Å². The van der Waals surface area contributed by atoms with Crippen molar-refractivity contribution >= 4 is 23.4 Å². The van der Waals surface area contributed by atoms with Crippen molar-refractivity contribution in [3.05, 3.63) is 100 Å². The summed E-state index contributed by atoms with van der Waals surface area (Å²) in [7, 11) is 0. The number of aromatic nitrogens is 3. The van der Waals surface area contributed by atoms with Crippen molar-refractivity contribution in [3.8, 4) is 0 Å². The van der Waals surface area contributed by atoms with Crippen LogP contribution in [0.1, 0.15) is 58.8 Å². The maximum Gasteiger partial charge on any atom is 0.331 e. The van der Waals surface area contributed by atoms with E-state index in [1.165, 1.54) is 22.8 Å². The molecule has 9 nitrogen and oxygen atoms in total. The van der Waals surface area contributed by atoms with Gasteiger partial charge in [0.25, 0.3) is 11.8 Å². The summed E-state index contributed by atoms with van der Waals surface area (Å²) in [6.07, 6.45) is 6.32. The van der Waals surface area contributed by atoms with E-state index >= 15 is 0 Å². The second kappa shape index (κ2) is 11.4. The number of hydrogen-bond acceptors (Lipinski definition) is 5. The molecule has 3 aromatic rings. The molecule has 202 valence electrons. The molecule has 39 heavy (non-hydrogen) atoms. The number of fused-ring (bicyclic) bond motifs is 1. The fourth-order valence-electron chi connectivity index (χ4n) is 4.57. The third-order valence-corrected chi connectivity index (χ3v) is 7.04. The van der Waals surface area contributed by atoms with Crippen LogP contribution in [0.5, 0.6) is 0 Å². The number of benzene rings is 1. The van der Waals surface area contributed by atoms with E-state index in [0.717, 1.165) is 11.1 Å². The number of nitrogens with zero attached hydrogens (tertiary/aromatic N) is 3. The van der Waals surface area contributed by atoms with Gasteiger partial charge in [0, 0.05) is 36.2 Å². The lowest BCUT2D eigenvalue weighted by Crippen LogP contribution is -2.41. The van der Waals surface area contributed by atoms with Crippen LogP contribution in [0.2, 0.25) is 0 Å². The van der Waals surface area contributed by atoms with Gasteiger partial charge in [0.15, 0.2) is 5.65 Å². The highest BCUT2D eigenvalue weighted by atomic mass is 19.1. The van der Waals surface area contributed by atoms with E-state index in [9.17, 15) is 23.9 Å². The second-order valence-electron chi connectivity index (χ2n) is 9.57. The summed E-state index contributed by atoms with van der Waals surface area (Å²) in [6.45, 7) is 9.06. The predicted molar refractivity (Wildman–Crippen MR) is 144 cm³/mol. The molecule has 0 fully saturated rings. The molecule has 2 amide bonds. The smallest absolute Gasteiger partial charge is 0.331 e. The van der Waals surface area contributed by atoms with Crippen LogP contribution < -0.4 is 10.6 Å². The first-order valence-electron chi connectivity index (χ1n) is 12.5. The van der Waals surface area contributed by atoms with Crippen molar-refractivity contribution in [2.45, 2.75) is 46.2 Å². The summed E-state index contributed by atoms with van der Waals surface area (Å²) in [6, 6.07) is 7.29. The lowest BCUT2D eigenvalue weighted by molar-refractivity contribution is -0.132. The molecule has 0 spiro atoms. The Bertz CT molecular complexity index is 1540. The van der Waals surface area contributed by atoms with E-state index in [0.29, 0.717) is 29.6 Å². The molecule has 0 radical (unpaired) electrons. The van der Waals surface area contributed by atoms with Crippen LogP contribution in [0.4, 0.5) is 4.39 Å². The molecular weight excluding hydrogens is 501 g/mol. The maximum absolute atomic E-state index is 13.6. The van der Waals surface area contributed by atoms with Gasteiger partial charge < -0.3 is 15.7 Å². The lowest BCUT2D eigenvalue weighted by Gasteiger charge is -2.30. The summed E-state index contributed by atoms with van der Waals surface area (Å²) in [5, 5.41) is 19.3. The molecule has 0 saturated carbocycles. The Kier molecular flexibility index (Phi) is 8.04. The molecule has 2 heterocycles. The number of carbonyl (C=O) groups excluding carboxylic acids is 2. The van der Waals surface area contributed by atoms with Gasteiger partial charge in [-0.3, -0.25) is 9.59 Å². The van der Waals surface area contributed by atoms with E-state index < -0.39 is 17.8 Å². The van der Waals surface area contributed by atoms with E-state index in [4.69, 9.17) is 0 Å². The molecule has 1 aromatic carbocycles. The minimum Gasteiger partial charge on any atom is -0.478 e. The summed E-state index contributed by atoms with van der Waals surface area (Å²) in [4.78, 5) is 42.1. The van der Waals surface area contributed by atoms with Gasteiger partial charge in [-0.25, -0.2) is 18.7 Å². The van der Waals surface area contributed by atoms with Gasteiger partial charge in [-0.2, -0.15) is 5.10 Å². The molecule has 2 atom stereocenters. The molecule has 10 heteroatoms. The Balaban J connectivity index is 1.54. The van der Waals surface area contributed by atoms with Crippen molar-refractivity contribution in [1.29, 1.82) is 0 Å². The van der Waals surface area contributed by atoms with Gasteiger partial charge in [0.1, 0.15) is 17.2 Å². The normalized spacial score (nSPS) is 17.7. The average molecular weight is 532 g/mol. The zero-order chi connectivity index (χ0) is 28.3. The number of amides is 2. The molecule has 1 aliphatic rings. The quantitative estimate of drug-likeness (QED) is 0.296. The number of aryl methyl sites for hydroxylation is 1. The van der Waals surface area contributed by atoms with Gasteiger partial charge in [-0.05, 0) is 62.0 Å². The number of carboxylic acid groups (broad SMARTS) is 1. The highest BCUT2D eigenvalue weighted by molar-refractivity contribution is 5.98. The summed E-state index contributed by atoms with van der Waals surface area (Å²) in [5.41, 5.74) is 3.63. The van der Waals surface area contributed by atoms with E-state index in [1.54, 1.807) is 45.0 Å². The lowest BCUT2D eigenvalue weighted by atomic mass is 9.82. The number of aliphatic carboxylic acids is 1. The van der Waals surface area contributed by atoms with Gasteiger partial charge in [0.05, 0.1) is 6.20 Å². The molecule has 2 aromatic heterocycles. The first kappa shape index (κ1) is 27.4. The monoisotopic (exact) mass is 531 g/mol. The number of halogens is 1. The van der Waals surface area contributed by atoms with Crippen LogP contribution in [-0.4, -0.2) is 43.5 Å². The molecule has 1 unspecified atom stereocenters. The average Bonchev–Trinajstić information content (AvgIpc) is 3.41. The summed E-state index contributed by atoms with van der Waals surface area (Å²) < 4.78 is 14.9. The standard InChI is InChI=1S/C29H30FN5O4/c1-5-20-13-21(17(3)18(4)29(38)39)7-9-23(20)34-28(37)25-14-24(33-26-10-11-32-35(25)26)27(36)31-15-19-6-8-22(30)16(2)12-19/h5-6,8,10-14,20,23H,1,7,9,15H2,2-4H3,(H,31,36)(H,34,37)(H,38,39)/b18-17+/t20?,23-/m0/s1. The van der Waals surface area contributed by atoms with Crippen LogP contribution >= 0.6 is 0 Å². The van der Waals surface area contributed by atoms with Gasteiger partial charge in [0.2, 0.25) is 0 Å². The maximum atomic E-state index is 13.6. The first-order chi connectivity index (χ1) is 18.6. The third kappa shape index (κ3) is 5.95. The summed E-state index contributed by atoms with van der Waals surface area (Å²) >= 11 is 0. The highest BCUT2D eigenvalue weighted by Gasteiger charge is 2.27. The fourth-order valence-corrected chi connectivity index (χ4v) is 4.57. The Morgan fingerprint density at radius 2 is 1.97 bits per heavy atom. The SMILES string of the molecule is C=CC1C=C(/C(C)=C(\C)C(=O)O)CC[C@@H]1NC(=O)c1cc(C(=O)NCc2ccc(F)c(C)c2)nc2ccnn12. The zero-order valence-electron chi connectivity index (χ0n) is 22.0. The second-order valence-corrected chi connectivity index (χ2v) is 9.57. The van der Waals surface area contributed by atoms with Crippen LogP contribution in [0.15, 0.2) is 72.0 Å². The van der Waals surface area contributed by atoms with Crippen molar-refractivity contribution in [2.24, 2.45) is 5.92 Å². The number of rotatable bonds is 8. The van der Waals surface area contributed by atoms with Gasteiger partial charge >= 0.3 is 5.97 Å². The van der Waals surface area contributed by atoms with Crippen LogP contribution in [0.3, 0.4) is 0 Å².